The molecule has 186 valence electrons. The molecule has 0 atom stereocenters. The van der Waals surface area contributed by atoms with Gasteiger partial charge in [-0.1, -0.05) is 48.0 Å². The van der Waals surface area contributed by atoms with Crippen molar-refractivity contribution in [3.05, 3.63) is 65.2 Å². The average Bonchev–Trinajstić information content (AvgIpc) is 3.03. The van der Waals surface area contributed by atoms with E-state index in [9.17, 15) is 14.4 Å². The molecule has 0 saturated carbocycles. The molecular formula is C28H29N3O5. The van der Waals surface area contributed by atoms with E-state index in [1.807, 2.05) is 37.3 Å². The summed E-state index contributed by atoms with van der Waals surface area (Å²) in [5.74, 6) is -0.454. The van der Waals surface area contributed by atoms with E-state index in [0.29, 0.717) is 38.5 Å². The largest absolute Gasteiger partial charge is 0.443 e. The molecule has 1 heterocycles. The summed E-state index contributed by atoms with van der Waals surface area (Å²) in [4.78, 5) is 49.8. The first kappa shape index (κ1) is 25.0. The van der Waals surface area contributed by atoms with E-state index in [2.05, 4.69) is 9.97 Å². The Balaban J connectivity index is 1.98. The molecule has 1 aromatic heterocycles. The van der Waals surface area contributed by atoms with Crippen molar-refractivity contribution in [3.63, 3.8) is 0 Å². The molecule has 2 aromatic carbocycles. The highest BCUT2D eigenvalue weighted by atomic mass is 16.6. The first-order valence-electron chi connectivity index (χ1n) is 11.6. The molecule has 8 nitrogen and oxygen atoms in total. The molecule has 0 bridgehead atoms. The van der Waals surface area contributed by atoms with Crippen LogP contribution in [-0.4, -0.2) is 39.1 Å². The van der Waals surface area contributed by atoms with E-state index in [1.165, 1.54) is 0 Å². The van der Waals surface area contributed by atoms with Crippen LogP contribution in [0.4, 0.5) is 15.5 Å². The maximum Gasteiger partial charge on any atom is 0.427 e. The van der Waals surface area contributed by atoms with Crippen molar-refractivity contribution in [2.45, 2.75) is 59.7 Å². The third-order valence-electron chi connectivity index (χ3n) is 5.20. The van der Waals surface area contributed by atoms with E-state index in [0.717, 1.165) is 5.56 Å². The van der Waals surface area contributed by atoms with E-state index >= 15 is 0 Å². The molecule has 4 rings (SSSR count). The molecule has 1 aliphatic rings. The minimum atomic E-state index is -0.982. The first-order chi connectivity index (χ1) is 16.7. The highest BCUT2D eigenvalue weighted by molar-refractivity contribution is 6.24. The molecule has 0 saturated heterocycles. The summed E-state index contributed by atoms with van der Waals surface area (Å²) < 4.78 is 11.0. The van der Waals surface area contributed by atoms with E-state index in [1.54, 1.807) is 59.7 Å². The second-order valence-corrected chi connectivity index (χ2v) is 10.6. The lowest BCUT2D eigenvalue weighted by molar-refractivity contribution is 0.0427. The molecule has 2 amide bonds. The van der Waals surface area contributed by atoms with Gasteiger partial charge in [0.15, 0.2) is 5.78 Å². The normalized spacial score (nSPS) is 12.6. The number of aromatic nitrogens is 2. The van der Waals surface area contributed by atoms with Crippen molar-refractivity contribution < 1.29 is 23.9 Å². The van der Waals surface area contributed by atoms with Gasteiger partial charge in [-0.3, -0.25) is 4.79 Å². The number of anilines is 1. The van der Waals surface area contributed by atoms with E-state index in [-0.39, 0.29) is 11.7 Å². The number of imide groups is 1. The minimum Gasteiger partial charge on any atom is -0.443 e. The molecule has 36 heavy (non-hydrogen) atoms. The maximum atomic E-state index is 13.4. The predicted molar refractivity (Wildman–Crippen MR) is 136 cm³/mol. The molecule has 3 aromatic rings. The third-order valence-corrected chi connectivity index (χ3v) is 5.20. The lowest BCUT2D eigenvalue weighted by Gasteiger charge is -2.28. The second kappa shape index (κ2) is 8.86. The summed E-state index contributed by atoms with van der Waals surface area (Å²) in [5, 5.41) is 0. The molecule has 1 aliphatic carbocycles. The monoisotopic (exact) mass is 487 g/mol. The van der Waals surface area contributed by atoms with Gasteiger partial charge in [0.2, 0.25) is 5.95 Å². The van der Waals surface area contributed by atoms with Gasteiger partial charge in [-0.05, 0) is 54.5 Å². The number of fused-ring (bicyclic) bond motifs is 3. The van der Waals surface area contributed by atoms with Crippen LogP contribution in [0, 0.1) is 6.92 Å². The van der Waals surface area contributed by atoms with Gasteiger partial charge >= 0.3 is 12.2 Å². The number of aryl methyl sites for hydroxylation is 1. The summed E-state index contributed by atoms with van der Waals surface area (Å²) >= 11 is 0. The number of hydrogen-bond acceptors (Lipinski definition) is 7. The van der Waals surface area contributed by atoms with Crippen molar-refractivity contribution in [1.82, 2.24) is 9.97 Å². The highest BCUT2D eigenvalue weighted by Gasteiger charge is 2.38. The van der Waals surface area contributed by atoms with Crippen LogP contribution in [0.5, 0.6) is 0 Å². The van der Waals surface area contributed by atoms with Crippen LogP contribution in [0.25, 0.3) is 22.5 Å². The van der Waals surface area contributed by atoms with E-state index in [4.69, 9.17) is 9.47 Å². The number of amides is 2. The summed E-state index contributed by atoms with van der Waals surface area (Å²) in [7, 11) is 0. The Labute approximate surface area is 210 Å². The molecular weight excluding hydrogens is 458 g/mol. The molecule has 0 aliphatic heterocycles. The Hall–Kier alpha value is -4.07. The first-order valence-corrected chi connectivity index (χ1v) is 11.6. The summed E-state index contributed by atoms with van der Waals surface area (Å²) in [6.07, 6.45) is -1.96. The topological polar surface area (TPSA) is 98.7 Å². The number of ether oxygens (including phenoxy) is 2. The lowest BCUT2D eigenvalue weighted by Crippen LogP contribution is -2.44. The zero-order chi connectivity index (χ0) is 26.4. The van der Waals surface area contributed by atoms with Crippen molar-refractivity contribution in [2.24, 2.45) is 0 Å². The van der Waals surface area contributed by atoms with Crippen molar-refractivity contribution >= 4 is 23.9 Å². The fourth-order valence-corrected chi connectivity index (χ4v) is 3.80. The van der Waals surface area contributed by atoms with Gasteiger partial charge in [0.25, 0.3) is 0 Å². The smallest absolute Gasteiger partial charge is 0.427 e. The van der Waals surface area contributed by atoms with Crippen molar-refractivity contribution in [2.75, 3.05) is 4.90 Å². The Morgan fingerprint density at radius 3 is 1.89 bits per heavy atom. The number of ketones is 1. The van der Waals surface area contributed by atoms with Gasteiger partial charge in [-0.15, -0.1) is 4.90 Å². The number of nitrogens with zero attached hydrogens (tertiary/aromatic N) is 3. The quantitative estimate of drug-likeness (QED) is 0.325. The van der Waals surface area contributed by atoms with Gasteiger partial charge in [-0.2, -0.15) is 0 Å². The summed E-state index contributed by atoms with van der Waals surface area (Å²) in [6.45, 7) is 12.0. The van der Waals surface area contributed by atoms with Crippen LogP contribution in [0.3, 0.4) is 0 Å². The molecule has 0 radical (unpaired) electrons. The Kier molecular flexibility index (Phi) is 6.16. The standard InChI is InChI=1S/C28H29N3O5/c1-16-13-14-18-19(15-16)22-20(23(18)32)21(17-11-9-8-10-12-17)29-24(30-22)31(25(33)35-27(2,3)4)26(34)36-28(5,6)7/h8-15H,1-7H3. The van der Waals surface area contributed by atoms with Crippen molar-refractivity contribution in [1.29, 1.82) is 0 Å². The number of hydrogen-bond donors (Lipinski definition) is 0. The number of carbonyl (C=O) groups is 3. The van der Waals surface area contributed by atoms with Gasteiger partial charge in [0.05, 0.1) is 17.0 Å². The Bertz CT molecular complexity index is 1340. The molecule has 8 heteroatoms. The van der Waals surface area contributed by atoms with Gasteiger partial charge in [0.1, 0.15) is 11.2 Å². The number of carbonyl (C=O) groups excluding carboxylic acids is 3. The van der Waals surface area contributed by atoms with Crippen LogP contribution >= 0.6 is 0 Å². The van der Waals surface area contributed by atoms with Crippen LogP contribution in [0.2, 0.25) is 0 Å². The van der Waals surface area contributed by atoms with Crippen molar-refractivity contribution in [3.8, 4) is 22.5 Å². The Morgan fingerprint density at radius 2 is 1.33 bits per heavy atom. The van der Waals surface area contributed by atoms with Crippen LogP contribution in [0.15, 0.2) is 48.5 Å². The maximum absolute atomic E-state index is 13.4. The highest BCUT2D eigenvalue weighted by Crippen LogP contribution is 2.41. The SMILES string of the molecule is Cc1ccc2c(c1)-c1nc(N(C(=O)OC(C)(C)C)C(=O)OC(C)(C)C)nc(-c3ccccc3)c1C2=O. The molecule has 0 unspecified atom stereocenters. The second-order valence-electron chi connectivity index (χ2n) is 10.6. The zero-order valence-electron chi connectivity index (χ0n) is 21.5. The van der Waals surface area contributed by atoms with Gasteiger partial charge in [0, 0.05) is 16.7 Å². The fourth-order valence-electron chi connectivity index (χ4n) is 3.80. The average molecular weight is 488 g/mol. The third kappa shape index (κ3) is 4.98. The van der Waals surface area contributed by atoms with Gasteiger partial charge in [-0.25, -0.2) is 19.6 Å². The molecule has 0 N–H and O–H groups in total. The summed E-state index contributed by atoms with van der Waals surface area (Å²) in [5.41, 5.74) is 1.87. The lowest BCUT2D eigenvalue weighted by atomic mass is 10.0. The fraction of sp³-hybridized carbons (Fsp3) is 0.321. The van der Waals surface area contributed by atoms with Crippen LogP contribution < -0.4 is 4.90 Å². The van der Waals surface area contributed by atoms with Crippen LogP contribution in [-0.2, 0) is 9.47 Å². The van der Waals surface area contributed by atoms with Crippen LogP contribution in [0.1, 0.15) is 63.0 Å². The van der Waals surface area contributed by atoms with Gasteiger partial charge < -0.3 is 9.47 Å². The predicted octanol–water partition coefficient (Wildman–Crippen LogP) is 6.34. The molecule has 0 spiro atoms. The summed E-state index contributed by atoms with van der Waals surface area (Å²) in [6, 6.07) is 14.6. The zero-order valence-corrected chi connectivity index (χ0v) is 21.5. The number of rotatable bonds is 2. The molecule has 0 fully saturated rings. The number of benzene rings is 2. The Morgan fingerprint density at radius 1 is 0.778 bits per heavy atom. The minimum absolute atomic E-state index is 0.216. The van der Waals surface area contributed by atoms with E-state index < -0.39 is 23.4 Å².